The van der Waals surface area contributed by atoms with Crippen LogP contribution in [0.25, 0.3) is 22.7 Å². The number of methoxy groups -OCH3 is 1. The number of benzene rings is 3. The normalized spacial score (nSPS) is 18.9. The summed E-state index contributed by atoms with van der Waals surface area (Å²) in [5, 5.41) is 0.903. The summed E-state index contributed by atoms with van der Waals surface area (Å²) in [6.07, 6.45) is 2.00. The monoisotopic (exact) mass is 506 g/mol. The number of ether oxygens (including phenoxy) is 3. The van der Waals surface area contributed by atoms with Crippen LogP contribution in [0.2, 0.25) is 0 Å². The van der Waals surface area contributed by atoms with Crippen LogP contribution < -0.4 is 9.64 Å². The Hall–Kier alpha value is -4.65. The van der Waals surface area contributed by atoms with Crippen molar-refractivity contribution in [3.05, 3.63) is 102 Å². The van der Waals surface area contributed by atoms with E-state index in [4.69, 9.17) is 19.2 Å². The molecular formula is C31H26N2O5. The maximum Gasteiger partial charge on any atom is 0.326 e. The molecule has 1 saturated heterocycles. The molecule has 38 heavy (non-hydrogen) atoms. The highest BCUT2D eigenvalue weighted by molar-refractivity contribution is 6.02. The lowest BCUT2D eigenvalue weighted by Crippen LogP contribution is -2.51. The summed E-state index contributed by atoms with van der Waals surface area (Å²) in [5.74, 6) is -3.16. The van der Waals surface area contributed by atoms with Crippen molar-refractivity contribution in [1.29, 1.82) is 0 Å². The van der Waals surface area contributed by atoms with Crippen molar-refractivity contribution in [2.24, 2.45) is 5.92 Å². The van der Waals surface area contributed by atoms with Crippen molar-refractivity contribution in [3.63, 3.8) is 0 Å². The van der Waals surface area contributed by atoms with Gasteiger partial charge in [0.05, 0.1) is 30.1 Å². The molecule has 1 aromatic heterocycles. The zero-order valence-corrected chi connectivity index (χ0v) is 21.3. The van der Waals surface area contributed by atoms with Crippen molar-refractivity contribution in [1.82, 2.24) is 4.98 Å². The van der Waals surface area contributed by atoms with Crippen LogP contribution in [-0.4, -0.2) is 29.8 Å². The smallest absolute Gasteiger partial charge is 0.326 e. The number of carbonyl (C=O) groups excluding carboxylic acids is 2. The first-order chi connectivity index (χ1) is 18.3. The van der Waals surface area contributed by atoms with Gasteiger partial charge in [-0.1, -0.05) is 48.5 Å². The minimum Gasteiger partial charge on any atom is -0.497 e. The third kappa shape index (κ3) is 4.06. The lowest BCUT2D eigenvalue weighted by atomic mass is 9.84. The molecule has 0 amide bonds. The standard InChI is InChI=1S/C31H26N2O5/c1-31(2)37-29(34)27(30(35)38-31)28-23-17-20-11-7-8-12-24(20)32-25(23)18-26(19-9-5-4-6-10-19)33(28)21-13-15-22(36-3)16-14-21/h4-18,27-28H,1-3H3. The second-order valence-electron chi connectivity index (χ2n) is 9.78. The van der Waals surface area contributed by atoms with E-state index in [2.05, 4.69) is 0 Å². The molecule has 0 aliphatic carbocycles. The molecule has 7 nitrogen and oxygen atoms in total. The van der Waals surface area contributed by atoms with E-state index in [1.54, 1.807) is 21.0 Å². The minimum atomic E-state index is -1.34. The van der Waals surface area contributed by atoms with Gasteiger partial charge in [0.15, 0.2) is 5.92 Å². The SMILES string of the molecule is COc1ccc(N2C(c3ccccc3)=Cc3nc4ccccc4cc3C2C2C(=O)OC(C)(C)OC2=O)cc1. The highest BCUT2D eigenvalue weighted by Gasteiger charge is 2.51. The van der Waals surface area contributed by atoms with Crippen molar-refractivity contribution in [2.45, 2.75) is 25.7 Å². The summed E-state index contributed by atoms with van der Waals surface area (Å²) < 4.78 is 16.6. The van der Waals surface area contributed by atoms with Crippen LogP contribution in [0.15, 0.2) is 84.9 Å². The Balaban J connectivity index is 1.63. The number of cyclic esters (lactones) is 2. The molecule has 0 bridgehead atoms. The number of anilines is 1. The van der Waals surface area contributed by atoms with Crippen molar-refractivity contribution >= 4 is 40.3 Å². The Morgan fingerprint density at radius 3 is 2.21 bits per heavy atom. The molecule has 3 heterocycles. The molecule has 0 radical (unpaired) electrons. The molecule has 1 atom stereocenters. The molecule has 1 unspecified atom stereocenters. The van der Waals surface area contributed by atoms with Crippen LogP contribution in [0.1, 0.15) is 36.7 Å². The van der Waals surface area contributed by atoms with Gasteiger partial charge in [-0.05, 0) is 48.0 Å². The molecule has 2 aliphatic heterocycles. The number of hydrogen-bond acceptors (Lipinski definition) is 7. The highest BCUT2D eigenvalue weighted by atomic mass is 16.7. The van der Waals surface area contributed by atoms with Crippen LogP contribution in [0.4, 0.5) is 5.69 Å². The molecular weight excluding hydrogens is 480 g/mol. The van der Waals surface area contributed by atoms with Crippen LogP contribution in [0, 0.1) is 5.92 Å². The van der Waals surface area contributed by atoms with Gasteiger partial charge < -0.3 is 19.1 Å². The molecule has 1 fully saturated rings. The van der Waals surface area contributed by atoms with Crippen LogP contribution in [0.3, 0.4) is 0 Å². The third-order valence-corrected chi connectivity index (χ3v) is 6.85. The first-order valence-corrected chi connectivity index (χ1v) is 12.4. The summed E-state index contributed by atoms with van der Waals surface area (Å²) in [6, 6.07) is 26.4. The molecule has 7 heteroatoms. The number of fused-ring (bicyclic) bond motifs is 2. The predicted molar refractivity (Wildman–Crippen MR) is 144 cm³/mol. The summed E-state index contributed by atoms with van der Waals surface area (Å²) in [6.45, 7) is 3.11. The quantitative estimate of drug-likeness (QED) is 0.257. The largest absolute Gasteiger partial charge is 0.497 e. The summed E-state index contributed by atoms with van der Waals surface area (Å²) in [7, 11) is 1.61. The zero-order valence-electron chi connectivity index (χ0n) is 21.3. The average Bonchev–Trinajstić information content (AvgIpc) is 2.91. The van der Waals surface area contributed by atoms with E-state index in [1.165, 1.54) is 0 Å². The van der Waals surface area contributed by atoms with Gasteiger partial charge >= 0.3 is 11.9 Å². The maximum absolute atomic E-state index is 13.5. The summed E-state index contributed by atoms with van der Waals surface area (Å²) >= 11 is 0. The van der Waals surface area contributed by atoms with E-state index in [-0.39, 0.29) is 0 Å². The van der Waals surface area contributed by atoms with Gasteiger partial charge in [0.1, 0.15) is 5.75 Å². The number of rotatable bonds is 4. The van der Waals surface area contributed by atoms with Crippen LogP contribution in [0.5, 0.6) is 5.75 Å². The highest BCUT2D eigenvalue weighted by Crippen LogP contribution is 2.47. The number of hydrogen-bond donors (Lipinski definition) is 0. The van der Waals surface area contributed by atoms with E-state index in [1.807, 2.05) is 95.9 Å². The Kier molecular flexibility index (Phi) is 5.64. The fraction of sp³-hybridized carbons (Fsp3) is 0.194. The Morgan fingerprint density at radius 2 is 1.53 bits per heavy atom. The zero-order chi connectivity index (χ0) is 26.4. The van der Waals surface area contributed by atoms with Gasteiger partial charge in [0.25, 0.3) is 5.79 Å². The van der Waals surface area contributed by atoms with E-state index >= 15 is 0 Å². The van der Waals surface area contributed by atoms with Crippen molar-refractivity contribution < 1.29 is 23.8 Å². The second-order valence-corrected chi connectivity index (χ2v) is 9.78. The summed E-state index contributed by atoms with van der Waals surface area (Å²) in [5.41, 5.74) is 4.71. The fourth-order valence-corrected chi connectivity index (χ4v) is 5.18. The van der Waals surface area contributed by atoms with Gasteiger partial charge in [-0.25, -0.2) is 4.98 Å². The second kappa shape index (κ2) is 9.03. The Bertz CT molecular complexity index is 1560. The van der Waals surface area contributed by atoms with E-state index in [9.17, 15) is 9.59 Å². The van der Waals surface area contributed by atoms with Crippen LogP contribution >= 0.6 is 0 Å². The average molecular weight is 507 g/mol. The van der Waals surface area contributed by atoms with Gasteiger partial charge in [0.2, 0.25) is 0 Å². The third-order valence-electron chi connectivity index (χ3n) is 6.85. The topological polar surface area (TPSA) is 78.0 Å². The van der Waals surface area contributed by atoms with Crippen molar-refractivity contribution in [3.8, 4) is 5.75 Å². The van der Waals surface area contributed by atoms with Crippen LogP contribution in [-0.2, 0) is 19.1 Å². The summed E-state index contributed by atoms with van der Waals surface area (Å²) in [4.78, 5) is 34.0. The van der Waals surface area contributed by atoms with Crippen molar-refractivity contribution in [2.75, 3.05) is 12.0 Å². The molecule has 190 valence electrons. The lowest BCUT2D eigenvalue weighted by Gasteiger charge is -2.44. The van der Waals surface area contributed by atoms with Gasteiger partial charge in [-0.3, -0.25) is 9.59 Å². The lowest BCUT2D eigenvalue weighted by molar-refractivity contribution is -0.241. The molecule has 2 aliphatic rings. The molecule has 3 aromatic carbocycles. The molecule has 0 N–H and O–H groups in total. The van der Waals surface area contributed by atoms with E-state index in [0.29, 0.717) is 11.4 Å². The number of carbonyl (C=O) groups is 2. The minimum absolute atomic E-state index is 0.636. The van der Waals surface area contributed by atoms with Gasteiger partial charge in [-0.2, -0.15) is 0 Å². The van der Waals surface area contributed by atoms with Gasteiger partial charge in [-0.15, -0.1) is 0 Å². The van der Waals surface area contributed by atoms with E-state index < -0.39 is 29.7 Å². The van der Waals surface area contributed by atoms with E-state index in [0.717, 1.165) is 33.4 Å². The maximum atomic E-state index is 13.5. The molecule has 6 rings (SSSR count). The Morgan fingerprint density at radius 1 is 0.868 bits per heavy atom. The first-order valence-electron chi connectivity index (χ1n) is 12.4. The molecule has 0 spiro atoms. The number of esters is 2. The number of pyridine rings is 1. The molecule has 0 saturated carbocycles. The molecule has 4 aromatic rings. The predicted octanol–water partition coefficient (Wildman–Crippen LogP) is 5.76. The first kappa shape index (κ1) is 23.7. The fourth-order valence-electron chi connectivity index (χ4n) is 5.18. The van der Waals surface area contributed by atoms with Gasteiger partial charge in [0, 0.05) is 30.5 Å². The number of para-hydroxylation sites is 1. The number of nitrogens with zero attached hydrogens (tertiary/aromatic N) is 2. The number of aromatic nitrogens is 1. The Labute approximate surface area is 220 Å².